The minimum atomic E-state index is -0.149. The van der Waals surface area contributed by atoms with Gasteiger partial charge in [-0.3, -0.25) is 9.48 Å². The monoisotopic (exact) mass is 254 g/mol. The fourth-order valence-corrected chi connectivity index (χ4v) is 1.96. The third-order valence-corrected chi connectivity index (χ3v) is 2.61. The Morgan fingerprint density at radius 1 is 1.25 bits per heavy atom. The molecule has 1 aromatic carbocycles. The number of hydrogen-bond donors (Lipinski definition) is 0. The Hall–Kier alpha value is -1.32. The lowest BCUT2D eigenvalue weighted by atomic mass is 10.1. The number of aryl methyl sites for hydroxylation is 1. The van der Waals surface area contributed by atoms with Gasteiger partial charge in [-0.15, -0.1) is 0 Å². The minimum Gasteiger partial charge on any atom is -0.287 e. The van der Waals surface area contributed by atoms with Crippen molar-refractivity contribution in [3.8, 4) is 0 Å². The Kier molecular flexibility index (Phi) is 2.99. The molecule has 0 N–H and O–H groups in total. The molecule has 1 aromatic heterocycles. The second-order valence-corrected chi connectivity index (χ2v) is 4.20. The molecule has 0 radical (unpaired) electrons. The molecule has 16 heavy (non-hydrogen) atoms. The SMILES string of the molecule is Cn1nccc1C(=O)c1cc(Cl)cc(Cl)c1. The molecule has 0 aliphatic carbocycles. The summed E-state index contributed by atoms with van der Waals surface area (Å²) in [6.07, 6.45) is 1.57. The molecule has 5 heteroatoms. The van der Waals surface area contributed by atoms with Gasteiger partial charge >= 0.3 is 0 Å². The van der Waals surface area contributed by atoms with Gasteiger partial charge < -0.3 is 0 Å². The Labute approximate surface area is 103 Å². The summed E-state index contributed by atoms with van der Waals surface area (Å²) in [7, 11) is 1.71. The maximum absolute atomic E-state index is 12.1. The predicted octanol–water partition coefficient (Wildman–Crippen LogP) is 2.96. The molecule has 0 atom stereocenters. The van der Waals surface area contributed by atoms with Crippen molar-refractivity contribution in [2.45, 2.75) is 0 Å². The maximum Gasteiger partial charge on any atom is 0.211 e. The molecule has 0 amide bonds. The van der Waals surface area contributed by atoms with E-state index in [-0.39, 0.29) is 5.78 Å². The molecule has 0 aliphatic heterocycles. The smallest absolute Gasteiger partial charge is 0.211 e. The third-order valence-electron chi connectivity index (χ3n) is 2.18. The molecule has 0 unspecified atom stereocenters. The average molecular weight is 255 g/mol. The van der Waals surface area contributed by atoms with E-state index < -0.39 is 0 Å². The van der Waals surface area contributed by atoms with Crippen LogP contribution in [-0.2, 0) is 7.05 Å². The van der Waals surface area contributed by atoms with E-state index in [4.69, 9.17) is 23.2 Å². The molecular formula is C11H8Cl2N2O. The van der Waals surface area contributed by atoms with Crippen LogP contribution in [0.2, 0.25) is 10.0 Å². The highest BCUT2D eigenvalue weighted by atomic mass is 35.5. The summed E-state index contributed by atoms with van der Waals surface area (Å²) in [4.78, 5) is 12.1. The molecular weight excluding hydrogens is 247 g/mol. The van der Waals surface area contributed by atoms with Crippen LogP contribution in [0, 0.1) is 0 Å². The number of benzene rings is 1. The van der Waals surface area contributed by atoms with E-state index in [1.807, 2.05) is 0 Å². The largest absolute Gasteiger partial charge is 0.287 e. The molecule has 0 bridgehead atoms. The number of carbonyl (C=O) groups excluding carboxylic acids is 1. The van der Waals surface area contributed by atoms with Gasteiger partial charge in [0.25, 0.3) is 0 Å². The number of carbonyl (C=O) groups is 1. The van der Waals surface area contributed by atoms with Gasteiger partial charge in [-0.1, -0.05) is 23.2 Å². The summed E-state index contributed by atoms with van der Waals surface area (Å²) >= 11 is 11.7. The second-order valence-electron chi connectivity index (χ2n) is 3.33. The molecule has 0 spiro atoms. The fraction of sp³-hybridized carbons (Fsp3) is 0.0909. The van der Waals surface area contributed by atoms with Crippen molar-refractivity contribution in [3.05, 3.63) is 51.8 Å². The predicted molar refractivity (Wildman–Crippen MR) is 63.1 cm³/mol. The van der Waals surface area contributed by atoms with E-state index in [1.54, 1.807) is 37.5 Å². The topological polar surface area (TPSA) is 34.9 Å². The summed E-state index contributed by atoms with van der Waals surface area (Å²) in [5, 5.41) is 4.82. The normalized spacial score (nSPS) is 10.4. The first kappa shape index (κ1) is 11.2. The van der Waals surface area contributed by atoms with E-state index in [9.17, 15) is 4.79 Å². The summed E-state index contributed by atoms with van der Waals surface area (Å²) in [5.74, 6) is -0.149. The van der Waals surface area contributed by atoms with Crippen LogP contribution in [0.4, 0.5) is 0 Å². The lowest BCUT2D eigenvalue weighted by Crippen LogP contribution is -2.08. The molecule has 0 fully saturated rings. The summed E-state index contributed by atoms with van der Waals surface area (Å²) in [6.45, 7) is 0. The van der Waals surface area contributed by atoms with Crippen LogP contribution in [0.15, 0.2) is 30.5 Å². The molecule has 3 nitrogen and oxygen atoms in total. The molecule has 2 rings (SSSR count). The van der Waals surface area contributed by atoms with Gasteiger partial charge in [-0.25, -0.2) is 0 Å². The number of halogens is 2. The highest BCUT2D eigenvalue weighted by molar-refractivity contribution is 6.35. The quantitative estimate of drug-likeness (QED) is 0.773. The Balaban J connectivity index is 2.45. The van der Waals surface area contributed by atoms with Crippen molar-refractivity contribution in [2.75, 3.05) is 0 Å². The van der Waals surface area contributed by atoms with Crippen LogP contribution < -0.4 is 0 Å². The third kappa shape index (κ3) is 2.10. The van der Waals surface area contributed by atoms with Gasteiger partial charge in [0.2, 0.25) is 5.78 Å². The van der Waals surface area contributed by atoms with Gasteiger partial charge in [0.05, 0.1) is 0 Å². The zero-order chi connectivity index (χ0) is 11.7. The lowest BCUT2D eigenvalue weighted by Gasteiger charge is -2.03. The number of ketones is 1. The van der Waals surface area contributed by atoms with Gasteiger partial charge in [0.15, 0.2) is 0 Å². The van der Waals surface area contributed by atoms with Crippen LogP contribution in [0.1, 0.15) is 16.1 Å². The molecule has 1 heterocycles. The van der Waals surface area contributed by atoms with Crippen LogP contribution >= 0.6 is 23.2 Å². The van der Waals surface area contributed by atoms with E-state index in [0.717, 1.165) is 0 Å². The average Bonchev–Trinajstić information content (AvgIpc) is 2.62. The molecule has 2 aromatic rings. The number of rotatable bonds is 2. The standard InChI is InChI=1S/C11H8Cl2N2O/c1-15-10(2-3-14-15)11(16)7-4-8(12)6-9(13)5-7/h2-6H,1H3. The van der Waals surface area contributed by atoms with Crippen molar-refractivity contribution in [2.24, 2.45) is 7.05 Å². The van der Waals surface area contributed by atoms with Crippen molar-refractivity contribution >= 4 is 29.0 Å². The van der Waals surface area contributed by atoms with Gasteiger partial charge in [0.1, 0.15) is 5.69 Å². The number of aromatic nitrogens is 2. The highest BCUT2D eigenvalue weighted by Gasteiger charge is 2.13. The van der Waals surface area contributed by atoms with Crippen LogP contribution in [-0.4, -0.2) is 15.6 Å². The first-order chi connectivity index (χ1) is 7.58. The highest BCUT2D eigenvalue weighted by Crippen LogP contribution is 2.20. The van der Waals surface area contributed by atoms with Crippen LogP contribution in [0.25, 0.3) is 0 Å². The van der Waals surface area contributed by atoms with E-state index in [2.05, 4.69) is 5.10 Å². The van der Waals surface area contributed by atoms with Gasteiger partial charge in [0, 0.05) is 28.9 Å². The lowest BCUT2D eigenvalue weighted by molar-refractivity contribution is 0.103. The summed E-state index contributed by atoms with van der Waals surface area (Å²) in [5.41, 5.74) is 0.958. The Morgan fingerprint density at radius 3 is 2.38 bits per heavy atom. The van der Waals surface area contributed by atoms with Crippen molar-refractivity contribution < 1.29 is 4.79 Å². The van der Waals surface area contributed by atoms with E-state index in [0.29, 0.717) is 21.3 Å². The van der Waals surface area contributed by atoms with E-state index >= 15 is 0 Å². The zero-order valence-electron chi connectivity index (χ0n) is 8.45. The Bertz CT molecular complexity index is 528. The first-order valence-electron chi connectivity index (χ1n) is 4.57. The summed E-state index contributed by atoms with van der Waals surface area (Å²) in [6, 6.07) is 6.41. The Morgan fingerprint density at radius 2 is 1.88 bits per heavy atom. The molecule has 0 saturated heterocycles. The maximum atomic E-state index is 12.1. The summed E-state index contributed by atoms with van der Waals surface area (Å²) < 4.78 is 1.51. The van der Waals surface area contributed by atoms with Crippen LogP contribution in [0.5, 0.6) is 0 Å². The first-order valence-corrected chi connectivity index (χ1v) is 5.32. The van der Waals surface area contributed by atoms with Crippen molar-refractivity contribution in [1.82, 2.24) is 9.78 Å². The number of nitrogens with zero attached hydrogens (tertiary/aromatic N) is 2. The second kappa shape index (κ2) is 4.28. The van der Waals surface area contributed by atoms with Crippen LogP contribution in [0.3, 0.4) is 0 Å². The van der Waals surface area contributed by atoms with Crippen molar-refractivity contribution in [1.29, 1.82) is 0 Å². The molecule has 82 valence electrons. The molecule has 0 aliphatic rings. The fourth-order valence-electron chi connectivity index (χ4n) is 1.43. The zero-order valence-corrected chi connectivity index (χ0v) is 9.96. The number of hydrogen-bond acceptors (Lipinski definition) is 2. The molecule has 0 saturated carbocycles. The minimum absolute atomic E-state index is 0.149. The van der Waals surface area contributed by atoms with Crippen molar-refractivity contribution in [3.63, 3.8) is 0 Å². The van der Waals surface area contributed by atoms with Gasteiger partial charge in [-0.2, -0.15) is 5.10 Å². The van der Waals surface area contributed by atoms with Gasteiger partial charge in [-0.05, 0) is 24.3 Å². The van der Waals surface area contributed by atoms with E-state index in [1.165, 1.54) is 4.68 Å².